The van der Waals surface area contributed by atoms with Crippen molar-refractivity contribution < 1.29 is 4.79 Å². The van der Waals surface area contributed by atoms with Crippen molar-refractivity contribution in [2.24, 2.45) is 5.73 Å². The van der Waals surface area contributed by atoms with Gasteiger partial charge in [-0.25, -0.2) is 0 Å². The van der Waals surface area contributed by atoms with Gasteiger partial charge < -0.3 is 5.73 Å². The maximum Gasteiger partial charge on any atom is 0.151 e. The van der Waals surface area contributed by atoms with Gasteiger partial charge in [0.2, 0.25) is 0 Å². The summed E-state index contributed by atoms with van der Waals surface area (Å²) in [6, 6.07) is 5.24. The highest BCUT2D eigenvalue weighted by Crippen LogP contribution is 2.16. The molecule has 0 heterocycles. The van der Waals surface area contributed by atoms with E-state index in [0.717, 1.165) is 11.8 Å². The van der Waals surface area contributed by atoms with Crippen molar-refractivity contribution in [3.05, 3.63) is 40.4 Å². The minimum absolute atomic E-state index is 0.467. The molecule has 0 radical (unpaired) electrons. The summed E-state index contributed by atoms with van der Waals surface area (Å²) in [5.74, 6) is 0. The van der Waals surface area contributed by atoms with Gasteiger partial charge in [-0.05, 0) is 17.7 Å². The van der Waals surface area contributed by atoms with Crippen LogP contribution in [-0.2, 0) is 0 Å². The molecule has 68 valence electrons. The minimum Gasteiger partial charge on any atom is -0.327 e. The average Bonchev–Trinajstić information content (AvgIpc) is 2.15. The van der Waals surface area contributed by atoms with Gasteiger partial charge >= 0.3 is 0 Å². The topological polar surface area (TPSA) is 43.1 Å². The summed E-state index contributed by atoms with van der Waals surface area (Å²) in [6.45, 7) is 0.493. The lowest BCUT2D eigenvalue weighted by molar-refractivity contribution is 0.112. The number of rotatable bonds is 3. The van der Waals surface area contributed by atoms with Crippen LogP contribution in [0, 0.1) is 0 Å². The Labute approximate surface area is 82.0 Å². The number of carbonyl (C=O) groups is 1. The quantitative estimate of drug-likeness (QED) is 0.751. The van der Waals surface area contributed by atoms with Crippen LogP contribution < -0.4 is 5.73 Å². The zero-order valence-corrected chi connectivity index (χ0v) is 7.79. The molecule has 0 saturated heterocycles. The number of halogens is 1. The fraction of sp³-hybridized carbons (Fsp3) is 0.100. The lowest BCUT2D eigenvalue weighted by Crippen LogP contribution is -1.92. The summed E-state index contributed by atoms with van der Waals surface area (Å²) < 4.78 is 0. The molecule has 0 fully saturated rings. The Kier molecular flexibility index (Phi) is 3.68. The second-order valence-electron chi connectivity index (χ2n) is 2.54. The third-order valence-corrected chi connectivity index (χ3v) is 1.93. The van der Waals surface area contributed by atoms with E-state index in [1.807, 2.05) is 18.2 Å². The molecule has 13 heavy (non-hydrogen) atoms. The Morgan fingerprint density at radius 1 is 1.46 bits per heavy atom. The Morgan fingerprint density at radius 2 is 2.23 bits per heavy atom. The second-order valence-corrected chi connectivity index (χ2v) is 2.94. The van der Waals surface area contributed by atoms with Crippen LogP contribution in [0.2, 0.25) is 5.02 Å². The molecule has 0 aliphatic carbocycles. The van der Waals surface area contributed by atoms with E-state index in [2.05, 4.69) is 0 Å². The van der Waals surface area contributed by atoms with Crippen LogP contribution in [0.15, 0.2) is 24.3 Å². The van der Waals surface area contributed by atoms with Crippen LogP contribution in [0.25, 0.3) is 6.08 Å². The normalized spacial score (nSPS) is 10.6. The fourth-order valence-corrected chi connectivity index (χ4v) is 1.18. The Balaban J connectivity index is 2.95. The van der Waals surface area contributed by atoms with Gasteiger partial charge in [-0.15, -0.1) is 0 Å². The molecule has 2 N–H and O–H groups in total. The van der Waals surface area contributed by atoms with Crippen LogP contribution in [0.1, 0.15) is 15.9 Å². The van der Waals surface area contributed by atoms with E-state index in [9.17, 15) is 4.79 Å². The lowest BCUT2D eigenvalue weighted by atomic mass is 10.1. The van der Waals surface area contributed by atoms with Crippen LogP contribution in [-0.4, -0.2) is 12.8 Å². The first-order valence-corrected chi connectivity index (χ1v) is 4.27. The van der Waals surface area contributed by atoms with Gasteiger partial charge in [0, 0.05) is 12.1 Å². The van der Waals surface area contributed by atoms with Crippen molar-refractivity contribution in [2.45, 2.75) is 0 Å². The maximum absolute atomic E-state index is 10.4. The van der Waals surface area contributed by atoms with E-state index in [0.29, 0.717) is 17.1 Å². The summed E-state index contributed by atoms with van der Waals surface area (Å²) in [4.78, 5) is 10.4. The molecule has 2 nitrogen and oxygen atoms in total. The number of carbonyl (C=O) groups excluding carboxylic acids is 1. The van der Waals surface area contributed by atoms with E-state index in [1.165, 1.54) is 0 Å². The van der Waals surface area contributed by atoms with E-state index in [1.54, 1.807) is 12.1 Å². The third kappa shape index (κ3) is 2.68. The molecule has 1 rings (SSSR count). The number of nitrogens with two attached hydrogens (primary N) is 1. The molecule has 0 atom stereocenters. The summed E-state index contributed by atoms with van der Waals surface area (Å²) in [7, 11) is 0. The smallest absolute Gasteiger partial charge is 0.151 e. The lowest BCUT2D eigenvalue weighted by Gasteiger charge is -1.97. The molecule has 1 aromatic rings. The van der Waals surface area contributed by atoms with Crippen LogP contribution >= 0.6 is 11.6 Å². The zero-order valence-electron chi connectivity index (χ0n) is 7.03. The van der Waals surface area contributed by atoms with Crippen molar-refractivity contribution in [3.63, 3.8) is 0 Å². The number of hydrogen-bond acceptors (Lipinski definition) is 2. The van der Waals surface area contributed by atoms with Crippen molar-refractivity contribution >= 4 is 24.0 Å². The van der Waals surface area contributed by atoms with E-state index in [-0.39, 0.29) is 0 Å². The first-order chi connectivity index (χ1) is 6.27. The second kappa shape index (κ2) is 4.80. The number of benzene rings is 1. The highest BCUT2D eigenvalue weighted by molar-refractivity contribution is 6.33. The Morgan fingerprint density at radius 3 is 2.77 bits per heavy atom. The predicted molar refractivity (Wildman–Crippen MR) is 54.9 cm³/mol. The molecule has 0 saturated carbocycles. The summed E-state index contributed by atoms with van der Waals surface area (Å²) in [5.41, 5.74) is 6.75. The Bertz CT molecular complexity index is 334. The predicted octanol–water partition coefficient (Wildman–Crippen LogP) is 2.12. The largest absolute Gasteiger partial charge is 0.327 e. The first kappa shape index (κ1) is 9.96. The molecule has 0 aliphatic heterocycles. The van der Waals surface area contributed by atoms with Gasteiger partial charge in [-0.1, -0.05) is 29.8 Å². The summed E-state index contributed by atoms with van der Waals surface area (Å²) in [5, 5.41) is 0.467. The van der Waals surface area contributed by atoms with Gasteiger partial charge in [-0.2, -0.15) is 0 Å². The monoisotopic (exact) mass is 195 g/mol. The van der Waals surface area contributed by atoms with Crippen LogP contribution in [0.4, 0.5) is 0 Å². The molecule has 0 aromatic heterocycles. The Hall–Kier alpha value is -1.12. The van der Waals surface area contributed by atoms with Gasteiger partial charge in [0.15, 0.2) is 6.29 Å². The fourth-order valence-electron chi connectivity index (χ4n) is 0.947. The average molecular weight is 196 g/mol. The molecule has 0 aliphatic rings. The van der Waals surface area contributed by atoms with Crippen molar-refractivity contribution in [1.29, 1.82) is 0 Å². The zero-order chi connectivity index (χ0) is 9.68. The molecule has 0 amide bonds. The van der Waals surface area contributed by atoms with Crippen molar-refractivity contribution in [3.8, 4) is 0 Å². The SMILES string of the molecule is NCC=Cc1ccc(C=O)c(Cl)c1. The third-order valence-electron chi connectivity index (χ3n) is 1.60. The molecular weight excluding hydrogens is 186 g/mol. The van der Waals surface area contributed by atoms with Crippen molar-refractivity contribution in [2.75, 3.05) is 6.54 Å². The molecule has 0 spiro atoms. The van der Waals surface area contributed by atoms with Crippen LogP contribution in [0.5, 0.6) is 0 Å². The van der Waals surface area contributed by atoms with Gasteiger partial charge in [0.25, 0.3) is 0 Å². The molecule has 1 aromatic carbocycles. The highest BCUT2D eigenvalue weighted by Gasteiger charge is 1.97. The van der Waals surface area contributed by atoms with Crippen LogP contribution in [0.3, 0.4) is 0 Å². The standard InChI is InChI=1S/C10H10ClNO/c11-10-6-8(2-1-5-12)3-4-9(10)7-13/h1-4,6-7H,5,12H2. The summed E-state index contributed by atoms with van der Waals surface area (Å²) in [6.07, 6.45) is 4.42. The van der Waals surface area contributed by atoms with Gasteiger partial charge in [0.05, 0.1) is 5.02 Å². The number of aldehydes is 1. The van der Waals surface area contributed by atoms with Gasteiger partial charge in [-0.3, -0.25) is 4.79 Å². The first-order valence-electron chi connectivity index (χ1n) is 3.89. The van der Waals surface area contributed by atoms with E-state index >= 15 is 0 Å². The molecule has 0 bridgehead atoms. The number of hydrogen-bond donors (Lipinski definition) is 1. The minimum atomic E-state index is 0.467. The van der Waals surface area contributed by atoms with E-state index in [4.69, 9.17) is 17.3 Å². The summed E-state index contributed by atoms with van der Waals surface area (Å²) >= 11 is 5.81. The molecule has 3 heteroatoms. The van der Waals surface area contributed by atoms with E-state index < -0.39 is 0 Å². The molecular formula is C10H10ClNO. The van der Waals surface area contributed by atoms with Gasteiger partial charge in [0.1, 0.15) is 0 Å². The molecule has 0 unspecified atom stereocenters. The van der Waals surface area contributed by atoms with Crippen molar-refractivity contribution in [1.82, 2.24) is 0 Å². The highest BCUT2D eigenvalue weighted by atomic mass is 35.5. The maximum atomic E-state index is 10.4.